The number of pyridine rings is 1. The van der Waals surface area contributed by atoms with E-state index in [1.165, 1.54) is 0 Å². The van der Waals surface area contributed by atoms with Gasteiger partial charge >= 0.3 is 0 Å². The van der Waals surface area contributed by atoms with E-state index in [9.17, 15) is 4.79 Å². The lowest BCUT2D eigenvalue weighted by Gasteiger charge is -2.09. The predicted octanol–water partition coefficient (Wildman–Crippen LogP) is 1.99. The molecule has 0 fully saturated rings. The summed E-state index contributed by atoms with van der Waals surface area (Å²) in [6, 6.07) is 1.68. The lowest BCUT2D eigenvalue weighted by molar-refractivity contribution is 0.0946. The van der Waals surface area contributed by atoms with Crippen LogP contribution >= 0.6 is 22.6 Å². The second-order valence-electron chi connectivity index (χ2n) is 2.85. The number of rotatable bonds is 3. The summed E-state index contributed by atoms with van der Waals surface area (Å²) in [7, 11) is 0. The highest BCUT2D eigenvalue weighted by Gasteiger charge is 2.10. The zero-order valence-electron chi connectivity index (χ0n) is 7.83. The van der Waals surface area contributed by atoms with E-state index in [0.717, 1.165) is 3.57 Å². The van der Waals surface area contributed by atoms with Gasteiger partial charge in [-0.1, -0.05) is 6.08 Å². The molecule has 1 N–H and O–H groups in total. The molecule has 0 bridgehead atoms. The van der Waals surface area contributed by atoms with Crippen LogP contribution in [0.15, 0.2) is 31.1 Å². The fourth-order valence-corrected chi connectivity index (χ4v) is 1.49. The average Bonchev–Trinajstić information content (AvgIpc) is 2.18. The molecule has 1 heterocycles. The van der Waals surface area contributed by atoms with Gasteiger partial charge in [0.2, 0.25) is 0 Å². The van der Waals surface area contributed by atoms with Crippen LogP contribution in [0.4, 0.5) is 0 Å². The molecular weight excluding hydrogens is 291 g/mol. The number of hydrogen-bond donors (Lipinski definition) is 1. The van der Waals surface area contributed by atoms with Gasteiger partial charge in [-0.05, 0) is 35.6 Å². The zero-order chi connectivity index (χ0) is 10.6. The highest BCUT2D eigenvalue weighted by Crippen LogP contribution is 2.09. The molecule has 0 aliphatic heterocycles. The van der Waals surface area contributed by atoms with Gasteiger partial charge in [-0.3, -0.25) is 9.78 Å². The van der Waals surface area contributed by atoms with Crippen LogP contribution in [0.5, 0.6) is 0 Å². The zero-order valence-corrected chi connectivity index (χ0v) is 9.98. The van der Waals surface area contributed by atoms with Crippen molar-refractivity contribution in [2.45, 2.75) is 13.0 Å². The molecule has 4 heteroatoms. The standard InChI is InChI=1S/C10H11IN2O/c1-3-7(2)13-10(14)8-4-5-12-6-9(8)11/h3-7H,1H2,2H3,(H,13,14). The molecule has 1 amide bonds. The molecule has 1 rings (SSSR count). The fraction of sp³-hybridized carbons (Fsp3) is 0.200. The van der Waals surface area contributed by atoms with Crippen LogP contribution in [-0.2, 0) is 0 Å². The third-order valence-corrected chi connectivity index (χ3v) is 2.59. The molecule has 3 nitrogen and oxygen atoms in total. The maximum Gasteiger partial charge on any atom is 0.252 e. The Labute approximate surface area is 96.8 Å². The minimum absolute atomic E-state index is 0.0218. The van der Waals surface area contributed by atoms with Gasteiger partial charge in [0.15, 0.2) is 0 Å². The Balaban J connectivity index is 2.80. The first kappa shape index (κ1) is 11.2. The first-order valence-electron chi connectivity index (χ1n) is 4.18. The Morgan fingerprint density at radius 3 is 3.07 bits per heavy atom. The topological polar surface area (TPSA) is 42.0 Å². The van der Waals surface area contributed by atoms with Gasteiger partial charge < -0.3 is 5.32 Å². The van der Waals surface area contributed by atoms with E-state index >= 15 is 0 Å². The van der Waals surface area contributed by atoms with Crippen molar-refractivity contribution in [2.24, 2.45) is 0 Å². The van der Waals surface area contributed by atoms with Gasteiger partial charge in [-0.2, -0.15) is 0 Å². The molecular formula is C10H11IN2O. The van der Waals surface area contributed by atoms with Crippen molar-refractivity contribution in [3.8, 4) is 0 Å². The van der Waals surface area contributed by atoms with Crippen molar-refractivity contribution >= 4 is 28.5 Å². The molecule has 0 spiro atoms. The largest absolute Gasteiger partial charge is 0.346 e. The van der Waals surface area contributed by atoms with E-state index in [2.05, 4.69) is 39.5 Å². The number of aromatic nitrogens is 1. The second kappa shape index (κ2) is 5.09. The first-order chi connectivity index (χ1) is 6.65. The van der Waals surface area contributed by atoms with Crippen LogP contribution in [-0.4, -0.2) is 16.9 Å². The summed E-state index contributed by atoms with van der Waals surface area (Å²) in [4.78, 5) is 15.6. The van der Waals surface area contributed by atoms with E-state index < -0.39 is 0 Å². The Morgan fingerprint density at radius 2 is 2.50 bits per heavy atom. The molecule has 0 saturated heterocycles. The number of hydrogen-bond acceptors (Lipinski definition) is 2. The van der Waals surface area contributed by atoms with E-state index in [1.54, 1.807) is 24.5 Å². The second-order valence-corrected chi connectivity index (χ2v) is 4.02. The van der Waals surface area contributed by atoms with Crippen LogP contribution in [0.2, 0.25) is 0 Å². The van der Waals surface area contributed by atoms with Crippen molar-refractivity contribution in [2.75, 3.05) is 0 Å². The van der Waals surface area contributed by atoms with Crippen molar-refractivity contribution < 1.29 is 4.79 Å². The number of amides is 1. The van der Waals surface area contributed by atoms with Crippen molar-refractivity contribution in [3.05, 3.63) is 40.2 Å². The minimum Gasteiger partial charge on any atom is -0.346 e. The van der Waals surface area contributed by atoms with Crippen LogP contribution in [0.25, 0.3) is 0 Å². The molecule has 0 radical (unpaired) electrons. The molecule has 0 aliphatic rings. The molecule has 1 unspecified atom stereocenters. The van der Waals surface area contributed by atoms with Crippen LogP contribution in [0.3, 0.4) is 0 Å². The molecule has 1 aromatic rings. The number of halogens is 1. The summed E-state index contributed by atoms with van der Waals surface area (Å²) in [5.41, 5.74) is 0.648. The van der Waals surface area contributed by atoms with Gasteiger partial charge in [0.1, 0.15) is 0 Å². The van der Waals surface area contributed by atoms with E-state index in [1.807, 2.05) is 6.92 Å². The molecule has 0 aromatic carbocycles. The summed E-state index contributed by atoms with van der Waals surface area (Å²) in [6.45, 7) is 5.47. The molecule has 0 aliphatic carbocycles. The van der Waals surface area contributed by atoms with Crippen molar-refractivity contribution in [1.82, 2.24) is 10.3 Å². The highest BCUT2D eigenvalue weighted by molar-refractivity contribution is 14.1. The Kier molecular flexibility index (Phi) is 4.06. The van der Waals surface area contributed by atoms with Gasteiger partial charge in [0, 0.05) is 22.0 Å². The third kappa shape index (κ3) is 2.80. The van der Waals surface area contributed by atoms with E-state index in [-0.39, 0.29) is 11.9 Å². The third-order valence-electron chi connectivity index (χ3n) is 1.73. The quantitative estimate of drug-likeness (QED) is 0.685. The molecule has 0 saturated carbocycles. The van der Waals surface area contributed by atoms with Gasteiger partial charge in [-0.25, -0.2) is 0 Å². The van der Waals surface area contributed by atoms with Crippen LogP contribution in [0.1, 0.15) is 17.3 Å². The monoisotopic (exact) mass is 302 g/mol. The summed E-state index contributed by atoms with van der Waals surface area (Å²) < 4.78 is 0.846. The number of carbonyl (C=O) groups is 1. The summed E-state index contributed by atoms with van der Waals surface area (Å²) in [5.74, 6) is -0.0933. The summed E-state index contributed by atoms with van der Waals surface area (Å²) >= 11 is 2.09. The smallest absolute Gasteiger partial charge is 0.252 e. The number of nitrogens with zero attached hydrogens (tertiary/aromatic N) is 1. The Morgan fingerprint density at radius 1 is 1.79 bits per heavy atom. The summed E-state index contributed by atoms with van der Waals surface area (Å²) in [6.07, 6.45) is 4.95. The van der Waals surface area contributed by atoms with Gasteiger partial charge in [0.25, 0.3) is 5.91 Å². The maximum absolute atomic E-state index is 11.6. The Bertz CT molecular complexity index is 352. The number of carbonyl (C=O) groups excluding carboxylic acids is 1. The van der Waals surface area contributed by atoms with Gasteiger partial charge in [0.05, 0.1) is 5.56 Å². The van der Waals surface area contributed by atoms with Crippen LogP contribution in [0, 0.1) is 3.57 Å². The molecule has 1 aromatic heterocycles. The normalized spacial score (nSPS) is 11.9. The van der Waals surface area contributed by atoms with Crippen molar-refractivity contribution in [1.29, 1.82) is 0 Å². The average molecular weight is 302 g/mol. The predicted molar refractivity (Wildman–Crippen MR) is 64.1 cm³/mol. The van der Waals surface area contributed by atoms with E-state index in [4.69, 9.17) is 0 Å². The van der Waals surface area contributed by atoms with Gasteiger partial charge in [-0.15, -0.1) is 6.58 Å². The first-order valence-corrected chi connectivity index (χ1v) is 5.26. The van der Waals surface area contributed by atoms with Crippen LogP contribution < -0.4 is 5.32 Å². The lowest BCUT2D eigenvalue weighted by Crippen LogP contribution is -2.31. The number of nitrogens with one attached hydrogen (secondary N) is 1. The maximum atomic E-state index is 11.6. The van der Waals surface area contributed by atoms with E-state index in [0.29, 0.717) is 5.56 Å². The molecule has 14 heavy (non-hydrogen) atoms. The summed E-state index contributed by atoms with van der Waals surface area (Å²) in [5, 5.41) is 2.80. The fourth-order valence-electron chi connectivity index (χ4n) is 0.903. The minimum atomic E-state index is -0.0933. The molecule has 1 atom stereocenters. The highest BCUT2D eigenvalue weighted by atomic mass is 127. The Hall–Kier alpha value is -0.910. The molecule has 74 valence electrons. The van der Waals surface area contributed by atoms with Crippen molar-refractivity contribution in [3.63, 3.8) is 0 Å². The SMILES string of the molecule is C=CC(C)NC(=O)c1ccncc1I. The lowest BCUT2D eigenvalue weighted by atomic mass is 10.2.